The van der Waals surface area contributed by atoms with Gasteiger partial charge in [-0.3, -0.25) is 9.59 Å². The number of carboxylic acids is 1. The van der Waals surface area contributed by atoms with Crippen LogP contribution in [0.25, 0.3) is 0 Å². The van der Waals surface area contributed by atoms with Crippen molar-refractivity contribution in [3.63, 3.8) is 0 Å². The number of likely N-dealkylation sites (tertiary alicyclic amines) is 1. The fourth-order valence-electron chi connectivity index (χ4n) is 3.15. The maximum absolute atomic E-state index is 12.9. The van der Waals surface area contributed by atoms with E-state index in [2.05, 4.69) is 0 Å². The minimum atomic E-state index is -0.792. The Morgan fingerprint density at radius 3 is 2.52 bits per heavy atom. The molecule has 1 atom stereocenters. The minimum absolute atomic E-state index is 0.0562. The molecule has 0 spiro atoms. The van der Waals surface area contributed by atoms with Gasteiger partial charge in [0.2, 0.25) is 0 Å². The molecule has 1 unspecified atom stereocenters. The second-order valence-electron chi connectivity index (χ2n) is 5.85. The van der Waals surface area contributed by atoms with Crippen molar-refractivity contribution in [3.05, 3.63) is 34.9 Å². The maximum Gasteiger partial charge on any atom is 0.303 e. The monoisotopic (exact) mass is 289 g/mol. The van der Waals surface area contributed by atoms with Gasteiger partial charge in [-0.25, -0.2) is 0 Å². The van der Waals surface area contributed by atoms with E-state index in [9.17, 15) is 9.59 Å². The third-order valence-electron chi connectivity index (χ3n) is 4.27. The fourth-order valence-corrected chi connectivity index (χ4v) is 3.15. The third kappa shape index (κ3) is 3.63. The zero-order chi connectivity index (χ0) is 15.4. The van der Waals surface area contributed by atoms with Crippen LogP contribution in [0.2, 0.25) is 0 Å². The maximum atomic E-state index is 12.9. The van der Waals surface area contributed by atoms with Crippen LogP contribution in [0.1, 0.15) is 53.6 Å². The average molecular weight is 289 g/mol. The lowest BCUT2D eigenvalue weighted by Gasteiger charge is -2.36. The molecule has 114 valence electrons. The van der Waals surface area contributed by atoms with Crippen LogP contribution >= 0.6 is 0 Å². The normalized spacial score (nSPS) is 18.6. The Bertz CT molecular complexity index is 519. The van der Waals surface area contributed by atoms with Gasteiger partial charge in [-0.1, -0.05) is 18.2 Å². The van der Waals surface area contributed by atoms with E-state index >= 15 is 0 Å². The van der Waals surface area contributed by atoms with Crippen molar-refractivity contribution in [2.75, 3.05) is 6.54 Å². The van der Waals surface area contributed by atoms with Gasteiger partial charge < -0.3 is 10.0 Å². The molecule has 1 saturated heterocycles. The van der Waals surface area contributed by atoms with Gasteiger partial charge in [-0.05, 0) is 50.7 Å². The lowest BCUT2D eigenvalue weighted by atomic mass is 9.95. The van der Waals surface area contributed by atoms with Crippen molar-refractivity contribution in [2.24, 2.45) is 0 Å². The molecule has 1 aromatic carbocycles. The number of hydrogen-bond donors (Lipinski definition) is 1. The summed E-state index contributed by atoms with van der Waals surface area (Å²) in [6.07, 6.45) is 3.65. The van der Waals surface area contributed by atoms with Crippen LogP contribution in [0, 0.1) is 13.8 Å². The molecule has 21 heavy (non-hydrogen) atoms. The van der Waals surface area contributed by atoms with Crippen LogP contribution in [-0.4, -0.2) is 34.5 Å². The largest absolute Gasteiger partial charge is 0.481 e. The van der Waals surface area contributed by atoms with E-state index in [1.165, 1.54) is 0 Å². The van der Waals surface area contributed by atoms with E-state index in [-0.39, 0.29) is 18.4 Å². The third-order valence-corrected chi connectivity index (χ3v) is 4.27. The number of piperidine rings is 1. The van der Waals surface area contributed by atoms with Crippen LogP contribution < -0.4 is 0 Å². The van der Waals surface area contributed by atoms with Crippen molar-refractivity contribution < 1.29 is 14.7 Å². The highest BCUT2D eigenvalue weighted by atomic mass is 16.4. The Hall–Kier alpha value is -1.84. The van der Waals surface area contributed by atoms with E-state index in [0.717, 1.165) is 42.5 Å². The van der Waals surface area contributed by atoms with Crippen molar-refractivity contribution >= 4 is 11.9 Å². The summed E-state index contributed by atoms with van der Waals surface area (Å²) < 4.78 is 0. The number of aliphatic carboxylic acids is 1. The smallest absolute Gasteiger partial charge is 0.303 e. The number of benzene rings is 1. The highest BCUT2D eigenvalue weighted by Gasteiger charge is 2.29. The van der Waals surface area contributed by atoms with Crippen LogP contribution in [0.4, 0.5) is 0 Å². The SMILES string of the molecule is Cc1cccc(C)c1C(=O)N1CCCCC1CCC(=O)O. The number of nitrogens with zero attached hydrogens (tertiary/aromatic N) is 1. The number of carboxylic acid groups (broad SMARTS) is 1. The van der Waals surface area contributed by atoms with E-state index in [1.54, 1.807) is 0 Å². The lowest BCUT2D eigenvalue weighted by Crippen LogP contribution is -2.44. The summed E-state index contributed by atoms with van der Waals surface area (Å²) in [5, 5.41) is 8.87. The molecular weight excluding hydrogens is 266 g/mol. The second kappa shape index (κ2) is 6.74. The first-order valence-corrected chi connectivity index (χ1v) is 7.59. The standard InChI is InChI=1S/C17H23NO3/c1-12-6-5-7-13(2)16(12)17(21)18-11-4-3-8-14(18)9-10-15(19)20/h5-7,14H,3-4,8-11H2,1-2H3,(H,19,20). The highest BCUT2D eigenvalue weighted by molar-refractivity contribution is 5.97. The van der Waals surface area contributed by atoms with E-state index < -0.39 is 5.97 Å². The summed E-state index contributed by atoms with van der Waals surface area (Å²) in [4.78, 5) is 25.6. The molecule has 1 N–H and O–H groups in total. The van der Waals surface area contributed by atoms with Gasteiger partial charge in [-0.2, -0.15) is 0 Å². The minimum Gasteiger partial charge on any atom is -0.481 e. The predicted octanol–water partition coefficient (Wildman–Crippen LogP) is 3.16. The van der Waals surface area contributed by atoms with Crippen molar-refractivity contribution in [3.8, 4) is 0 Å². The number of carbonyl (C=O) groups is 2. The summed E-state index contributed by atoms with van der Waals surface area (Å²) >= 11 is 0. The molecule has 1 heterocycles. The first-order valence-electron chi connectivity index (χ1n) is 7.59. The molecule has 1 aromatic rings. The van der Waals surface area contributed by atoms with Crippen molar-refractivity contribution in [1.82, 2.24) is 4.90 Å². The Morgan fingerprint density at radius 2 is 1.90 bits per heavy atom. The van der Waals surface area contributed by atoms with E-state index in [0.29, 0.717) is 6.42 Å². The molecule has 0 bridgehead atoms. The van der Waals surface area contributed by atoms with Gasteiger partial charge in [-0.15, -0.1) is 0 Å². The number of hydrogen-bond acceptors (Lipinski definition) is 2. The number of amides is 1. The van der Waals surface area contributed by atoms with E-state index in [1.807, 2.05) is 36.9 Å². The van der Waals surface area contributed by atoms with Gasteiger partial charge in [0.15, 0.2) is 0 Å². The molecule has 4 heteroatoms. The Kier molecular flexibility index (Phi) is 4.99. The summed E-state index contributed by atoms with van der Waals surface area (Å²) in [5.74, 6) is -0.735. The molecule has 4 nitrogen and oxygen atoms in total. The number of aryl methyl sites for hydroxylation is 2. The van der Waals surface area contributed by atoms with Gasteiger partial charge in [0.1, 0.15) is 0 Å². The molecule has 0 saturated carbocycles. The molecule has 2 rings (SSSR count). The van der Waals surface area contributed by atoms with Gasteiger partial charge in [0, 0.05) is 24.6 Å². The van der Waals surface area contributed by atoms with Crippen molar-refractivity contribution in [1.29, 1.82) is 0 Å². The average Bonchev–Trinajstić information content (AvgIpc) is 2.45. The van der Waals surface area contributed by atoms with Crippen LogP contribution in [0.3, 0.4) is 0 Å². The summed E-state index contributed by atoms with van der Waals surface area (Å²) in [6.45, 7) is 4.64. The van der Waals surface area contributed by atoms with Gasteiger partial charge >= 0.3 is 5.97 Å². The Morgan fingerprint density at radius 1 is 1.24 bits per heavy atom. The molecule has 0 aliphatic carbocycles. The van der Waals surface area contributed by atoms with Crippen LogP contribution in [0.15, 0.2) is 18.2 Å². The molecule has 1 aliphatic rings. The van der Waals surface area contributed by atoms with E-state index in [4.69, 9.17) is 5.11 Å². The number of rotatable bonds is 4. The molecule has 1 aliphatic heterocycles. The topological polar surface area (TPSA) is 57.6 Å². The van der Waals surface area contributed by atoms with Gasteiger partial charge in [0.05, 0.1) is 0 Å². The molecule has 0 radical (unpaired) electrons. The summed E-state index contributed by atoms with van der Waals surface area (Å²) in [7, 11) is 0. The Balaban J connectivity index is 2.20. The van der Waals surface area contributed by atoms with Crippen molar-refractivity contribution in [2.45, 2.75) is 52.0 Å². The summed E-state index contributed by atoms with van der Waals surface area (Å²) in [6, 6.07) is 5.92. The van der Waals surface area contributed by atoms with Crippen LogP contribution in [0.5, 0.6) is 0 Å². The molecular formula is C17H23NO3. The molecule has 1 amide bonds. The lowest BCUT2D eigenvalue weighted by molar-refractivity contribution is -0.137. The zero-order valence-electron chi connectivity index (χ0n) is 12.8. The molecule has 0 aromatic heterocycles. The first kappa shape index (κ1) is 15.5. The van der Waals surface area contributed by atoms with Gasteiger partial charge in [0.25, 0.3) is 5.91 Å². The summed E-state index contributed by atoms with van der Waals surface area (Å²) in [5.41, 5.74) is 2.75. The highest BCUT2D eigenvalue weighted by Crippen LogP contribution is 2.25. The molecule has 1 fully saturated rings. The predicted molar refractivity (Wildman–Crippen MR) is 81.5 cm³/mol. The first-order chi connectivity index (χ1) is 10.0. The van der Waals surface area contributed by atoms with Crippen LogP contribution in [-0.2, 0) is 4.79 Å². The zero-order valence-corrected chi connectivity index (χ0v) is 12.8. The quantitative estimate of drug-likeness (QED) is 0.926. The second-order valence-corrected chi connectivity index (χ2v) is 5.85. The number of carbonyl (C=O) groups excluding carboxylic acids is 1. The fraction of sp³-hybridized carbons (Fsp3) is 0.529. The Labute approximate surface area is 125 Å².